The molecular formula is C27H36F3N5O6S. The lowest BCUT2D eigenvalue weighted by Crippen LogP contribution is -2.44. The van der Waals surface area contributed by atoms with Gasteiger partial charge in [0, 0.05) is 45.3 Å². The molecular weight excluding hydrogens is 579 g/mol. The summed E-state index contributed by atoms with van der Waals surface area (Å²) < 4.78 is 61.0. The van der Waals surface area contributed by atoms with E-state index in [1.165, 1.54) is 4.90 Å². The van der Waals surface area contributed by atoms with Crippen LogP contribution in [0.15, 0.2) is 41.3 Å². The highest BCUT2D eigenvalue weighted by Gasteiger charge is 2.38. The van der Waals surface area contributed by atoms with Crippen LogP contribution >= 0.6 is 0 Å². The zero-order chi connectivity index (χ0) is 31.7. The molecule has 0 saturated carbocycles. The van der Waals surface area contributed by atoms with Crippen LogP contribution in [-0.2, 0) is 19.6 Å². The van der Waals surface area contributed by atoms with E-state index in [4.69, 9.17) is 9.90 Å². The standard InChI is InChI=1S/C25H35N5O4S.C2HF3O2/c1-5-10-27-24(31)17-29(4)25(32)20-7-9-23(30-13-11-26-12-14-30)22(16-20)28-35(33,34)21-8-6-18(2)19(3)15-21;3-2(4,5)1(6)7/h6-9,15-16,26,28H,5,10-14,17H2,1-4H3,(H,27,31);(H,6,7). The normalized spacial score (nSPS) is 13.5. The average Bonchev–Trinajstić information content (AvgIpc) is 2.93. The topological polar surface area (TPSA) is 148 Å². The quantitative estimate of drug-likeness (QED) is 0.337. The number of carbonyl (C=O) groups excluding carboxylic acids is 2. The molecule has 1 saturated heterocycles. The number of carbonyl (C=O) groups is 3. The largest absolute Gasteiger partial charge is 0.490 e. The molecule has 2 aromatic rings. The van der Waals surface area contributed by atoms with Gasteiger partial charge in [0.05, 0.1) is 22.8 Å². The maximum Gasteiger partial charge on any atom is 0.490 e. The summed E-state index contributed by atoms with van der Waals surface area (Å²) >= 11 is 0. The first-order valence-corrected chi connectivity index (χ1v) is 14.6. The van der Waals surface area contributed by atoms with Gasteiger partial charge in [0.15, 0.2) is 0 Å². The number of hydrogen-bond acceptors (Lipinski definition) is 7. The molecule has 1 fully saturated rings. The van der Waals surface area contributed by atoms with Gasteiger partial charge < -0.3 is 25.5 Å². The van der Waals surface area contributed by atoms with Crippen LogP contribution in [0.3, 0.4) is 0 Å². The highest BCUT2D eigenvalue weighted by molar-refractivity contribution is 7.92. The van der Waals surface area contributed by atoms with E-state index in [1.54, 1.807) is 43.4 Å². The Hall–Kier alpha value is -3.85. The zero-order valence-electron chi connectivity index (χ0n) is 23.8. The molecule has 0 atom stereocenters. The van der Waals surface area contributed by atoms with Crippen molar-refractivity contribution in [1.29, 1.82) is 0 Å². The first-order valence-electron chi connectivity index (χ1n) is 13.1. The van der Waals surface area contributed by atoms with Gasteiger partial charge in [-0.15, -0.1) is 0 Å². The second kappa shape index (κ2) is 14.9. The van der Waals surface area contributed by atoms with Crippen LogP contribution < -0.4 is 20.3 Å². The molecule has 4 N–H and O–H groups in total. The number of hydrogen-bond donors (Lipinski definition) is 4. The molecule has 0 bridgehead atoms. The number of nitrogens with zero attached hydrogens (tertiary/aromatic N) is 2. The number of aryl methyl sites for hydroxylation is 2. The Balaban J connectivity index is 0.000000782. The molecule has 232 valence electrons. The van der Waals surface area contributed by atoms with Crippen LogP contribution in [0.5, 0.6) is 0 Å². The first kappa shape index (κ1) is 34.4. The van der Waals surface area contributed by atoms with Crippen molar-refractivity contribution in [3.05, 3.63) is 53.1 Å². The lowest BCUT2D eigenvalue weighted by molar-refractivity contribution is -0.192. The van der Waals surface area contributed by atoms with Gasteiger partial charge in [0.25, 0.3) is 15.9 Å². The number of amides is 2. The molecule has 0 unspecified atom stereocenters. The van der Waals surface area contributed by atoms with Gasteiger partial charge in [-0.25, -0.2) is 13.2 Å². The molecule has 3 rings (SSSR count). The van der Waals surface area contributed by atoms with Gasteiger partial charge >= 0.3 is 12.1 Å². The van der Waals surface area contributed by atoms with Crippen LogP contribution in [0.4, 0.5) is 24.5 Å². The van der Waals surface area contributed by atoms with Gasteiger partial charge in [-0.05, 0) is 61.7 Å². The minimum atomic E-state index is -5.08. The fourth-order valence-corrected chi connectivity index (χ4v) is 4.99. The van der Waals surface area contributed by atoms with Crippen molar-refractivity contribution in [2.45, 2.75) is 38.3 Å². The molecule has 1 heterocycles. The minimum absolute atomic E-state index is 0.0813. The van der Waals surface area contributed by atoms with E-state index in [-0.39, 0.29) is 23.3 Å². The van der Waals surface area contributed by atoms with Gasteiger partial charge in [0.1, 0.15) is 0 Å². The molecule has 15 heteroatoms. The summed E-state index contributed by atoms with van der Waals surface area (Å²) in [6, 6.07) is 9.99. The molecule has 0 spiro atoms. The molecule has 2 amide bonds. The van der Waals surface area contributed by atoms with Crippen LogP contribution in [0.2, 0.25) is 0 Å². The zero-order valence-corrected chi connectivity index (χ0v) is 24.7. The number of nitrogens with one attached hydrogen (secondary N) is 3. The smallest absolute Gasteiger partial charge is 0.475 e. The first-order chi connectivity index (χ1) is 19.6. The Morgan fingerprint density at radius 2 is 1.67 bits per heavy atom. The van der Waals surface area contributed by atoms with Crippen LogP contribution in [0.25, 0.3) is 0 Å². The van der Waals surface area contributed by atoms with Crippen molar-refractivity contribution in [3.63, 3.8) is 0 Å². The summed E-state index contributed by atoms with van der Waals surface area (Å²) in [6.45, 7) is 9.19. The summed E-state index contributed by atoms with van der Waals surface area (Å²) in [7, 11) is -2.33. The third kappa shape index (κ3) is 9.91. The van der Waals surface area contributed by atoms with E-state index in [1.807, 2.05) is 20.8 Å². The molecule has 1 aliphatic rings. The number of carboxylic acids is 1. The third-order valence-corrected chi connectivity index (χ3v) is 7.64. The Morgan fingerprint density at radius 1 is 1.05 bits per heavy atom. The van der Waals surface area contributed by atoms with Crippen LogP contribution in [-0.4, -0.2) is 88.7 Å². The van der Waals surface area contributed by atoms with E-state index in [0.717, 1.165) is 30.6 Å². The SMILES string of the molecule is CCCNC(=O)CN(C)C(=O)c1ccc(N2CCNCC2)c(NS(=O)(=O)c2ccc(C)c(C)c2)c1.O=C(O)C(F)(F)F. The predicted molar refractivity (Wildman–Crippen MR) is 152 cm³/mol. The lowest BCUT2D eigenvalue weighted by Gasteiger charge is -2.31. The van der Waals surface area contributed by atoms with Crippen molar-refractivity contribution in [2.24, 2.45) is 0 Å². The number of benzene rings is 2. The Kier molecular flexibility index (Phi) is 12.2. The molecule has 2 aromatic carbocycles. The number of piperazine rings is 1. The Labute approximate surface area is 243 Å². The van der Waals surface area contributed by atoms with Crippen LogP contribution in [0.1, 0.15) is 34.8 Å². The van der Waals surface area contributed by atoms with Gasteiger partial charge in [-0.3, -0.25) is 14.3 Å². The van der Waals surface area contributed by atoms with E-state index in [9.17, 15) is 31.2 Å². The molecule has 0 aromatic heterocycles. The van der Waals surface area contributed by atoms with Gasteiger partial charge in [-0.1, -0.05) is 13.0 Å². The number of rotatable bonds is 9. The van der Waals surface area contributed by atoms with E-state index < -0.39 is 22.2 Å². The third-order valence-electron chi connectivity index (χ3n) is 6.28. The van der Waals surface area contributed by atoms with Gasteiger partial charge in [-0.2, -0.15) is 13.2 Å². The number of anilines is 2. The van der Waals surface area contributed by atoms with Gasteiger partial charge in [0.2, 0.25) is 5.91 Å². The fraction of sp³-hybridized carbons (Fsp3) is 0.444. The van der Waals surface area contributed by atoms with Crippen LogP contribution in [0, 0.1) is 13.8 Å². The average molecular weight is 616 g/mol. The lowest BCUT2D eigenvalue weighted by atomic mass is 10.1. The Morgan fingerprint density at radius 3 is 2.21 bits per heavy atom. The van der Waals surface area contributed by atoms with Crippen molar-refractivity contribution in [1.82, 2.24) is 15.5 Å². The summed E-state index contributed by atoms with van der Waals surface area (Å²) in [6.07, 6.45) is -4.28. The second-order valence-corrected chi connectivity index (χ2v) is 11.3. The summed E-state index contributed by atoms with van der Waals surface area (Å²) in [5.41, 5.74) is 3.22. The highest BCUT2D eigenvalue weighted by atomic mass is 32.2. The number of likely N-dealkylation sites (N-methyl/N-ethyl adjacent to an activating group) is 1. The summed E-state index contributed by atoms with van der Waals surface area (Å²) in [5, 5.41) is 13.2. The molecule has 42 heavy (non-hydrogen) atoms. The molecule has 0 radical (unpaired) electrons. The highest BCUT2D eigenvalue weighted by Crippen LogP contribution is 2.30. The second-order valence-electron chi connectivity index (χ2n) is 9.63. The van der Waals surface area contributed by atoms with Crippen molar-refractivity contribution in [3.8, 4) is 0 Å². The van der Waals surface area contributed by atoms with E-state index in [0.29, 0.717) is 36.6 Å². The number of halogens is 3. The summed E-state index contributed by atoms with van der Waals surface area (Å²) in [5.74, 6) is -3.36. The maximum atomic E-state index is 13.3. The van der Waals surface area contributed by atoms with E-state index in [2.05, 4.69) is 20.3 Å². The number of alkyl halides is 3. The predicted octanol–water partition coefficient (Wildman–Crippen LogP) is 2.75. The fourth-order valence-electron chi connectivity index (χ4n) is 3.84. The number of carboxylic acid groups (broad SMARTS) is 1. The summed E-state index contributed by atoms with van der Waals surface area (Å²) in [4.78, 5) is 37.6. The molecule has 11 nitrogen and oxygen atoms in total. The number of sulfonamides is 1. The van der Waals surface area contributed by atoms with Crippen molar-refractivity contribution < 1.29 is 41.1 Å². The molecule has 1 aliphatic heterocycles. The van der Waals surface area contributed by atoms with Crippen molar-refractivity contribution >= 4 is 39.2 Å². The maximum absolute atomic E-state index is 13.3. The number of aliphatic carboxylic acids is 1. The monoisotopic (exact) mass is 615 g/mol. The minimum Gasteiger partial charge on any atom is -0.475 e. The molecule has 0 aliphatic carbocycles. The van der Waals surface area contributed by atoms with Crippen molar-refractivity contribution in [2.75, 3.05) is 55.9 Å². The Bertz CT molecular complexity index is 1380. The van der Waals surface area contributed by atoms with E-state index >= 15 is 0 Å².